The molecule has 134 valence electrons. The van der Waals surface area contributed by atoms with E-state index in [9.17, 15) is 13.5 Å². The van der Waals surface area contributed by atoms with Gasteiger partial charge in [-0.05, 0) is 68.4 Å². The van der Waals surface area contributed by atoms with Gasteiger partial charge in [0.05, 0.1) is 21.8 Å². The third kappa shape index (κ3) is 2.38. The topological polar surface area (TPSA) is 62.5 Å². The number of nitrogens with zero attached hydrogens (tertiary/aromatic N) is 2. The van der Waals surface area contributed by atoms with E-state index in [-0.39, 0.29) is 10.6 Å². The van der Waals surface area contributed by atoms with Crippen molar-refractivity contribution in [3.8, 4) is 11.4 Å². The Balaban J connectivity index is 2.02. The molecule has 1 aliphatic heterocycles. The number of anilines is 1. The number of benzene rings is 2. The maximum absolute atomic E-state index is 13.5. The Morgan fingerprint density at radius 2 is 1.69 bits per heavy atom. The number of sulfonamides is 1. The summed E-state index contributed by atoms with van der Waals surface area (Å²) in [5.74, 6) is 0.0267. The van der Waals surface area contributed by atoms with Crippen molar-refractivity contribution in [3.63, 3.8) is 0 Å². The largest absolute Gasteiger partial charge is 0.508 e. The van der Waals surface area contributed by atoms with Gasteiger partial charge in [0, 0.05) is 16.4 Å². The van der Waals surface area contributed by atoms with Gasteiger partial charge in [-0.25, -0.2) is 8.42 Å². The fourth-order valence-corrected chi connectivity index (χ4v) is 5.65. The summed E-state index contributed by atoms with van der Waals surface area (Å²) in [4.78, 5) is 0.134. The van der Waals surface area contributed by atoms with E-state index in [4.69, 9.17) is 0 Å². The van der Waals surface area contributed by atoms with Gasteiger partial charge in [-0.2, -0.15) is 0 Å². The van der Waals surface area contributed by atoms with Gasteiger partial charge in [-0.3, -0.25) is 4.31 Å². The molecule has 1 aliphatic rings. The number of rotatable bonds is 2. The summed E-state index contributed by atoms with van der Waals surface area (Å²) in [5.41, 5.74) is 1.49. The molecule has 0 saturated carbocycles. The van der Waals surface area contributed by atoms with Crippen LogP contribution in [0.1, 0.15) is 19.5 Å². The molecule has 1 aromatic heterocycles. The quantitative estimate of drug-likeness (QED) is 0.652. The normalized spacial score (nSPS) is 15.4. The van der Waals surface area contributed by atoms with Crippen LogP contribution in [0.2, 0.25) is 0 Å². The molecule has 0 radical (unpaired) electrons. The average Bonchev–Trinajstić information content (AvgIpc) is 3.05. The van der Waals surface area contributed by atoms with Gasteiger partial charge in [0.15, 0.2) is 0 Å². The van der Waals surface area contributed by atoms with E-state index in [1.54, 1.807) is 0 Å². The molecular weight excluding hydrogens is 416 g/mol. The summed E-state index contributed by atoms with van der Waals surface area (Å²) >= 11 is 3.45. The number of phenolic OH excluding ortho intramolecular Hbond substituents is 1. The first-order valence-corrected chi connectivity index (χ1v) is 10.3. The molecule has 0 unspecified atom stereocenters. The van der Waals surface area contributed by atoms with E-state index in [1.807, 2.05) is 54.9 Å². The summed E-state index contributed by atoms with van der Waals surface area (Å²) in [7, 11) is -3.85. The summed E-state index contributed by atoms with van der Waals surface area (Å²) < 4.78 is 31.4. The number of hydrogen-bond acceptors (Lipinski definition) is 3. The highest BCUT2D eigenvalue weighted by molar-refractivity contribution is 9.10. The van der Waals surface area contributed by atoms with Gasteiger partial charge in [-0.15, -0.1) is 0 Å². The molecule has 3 aromatic rings. The van der Waals surface area contributed by atoms with Crippen molar-refractivity contribution in [3.05, 3.63) is 71.0 Å². The Morgan fingerprint density at radius 3 is 2.38 bits per heavy atom. The van der Waals surface area contributed by atoms with Crippen molar-refractivity contribution in [1.29, 1.82) is 0 Å². The van der Waals surface area contributed by atoms with Crippen molar-refractivity contribution in [2.75, 3.05) is 4.31 Å². The van der Waals surface area contributed by atoms with Crippen molar-refractivity contribution in [2.24, 2.45) is 0 Å². The fraction of sp³-hybridized carbons (Fsp3) is 0.158. The first kappa shape index (κ1) is 17.2. The molecule has 0 fully saturated rings. The lowest BCUT2D eigenvalue weighted by Crippen LogP contribution is -2.49. The van der Waals surface area contributed by atoms with Gasteiger partial charge in [0.25, 0.3) is 10.0 Å². The molecule has 1 N–H and O–H groups in total. The van der Waals surface area contributed by atoms with Crippen LogP contribution in [-0.2, 0) is 15.6 Å². The standard InChI is InChI=1S/C19H17BrN2O3S/c1-19(2)18-4-3-11-21(18)16-10-5-13(20)12-17(16)22(19)26(24,25)15-8-6-14(23)7-9-15/h3-12,23H,1-2H3. The minimum Gasteiger partial charge on any atom is -0.508 e. The van der Waals surface area contributed by atoms with Crippen LogP contribution in [-0.4, -0.2) is 18.1 Å². The second kappa shape index (κ2) is 5.62. The lowest BCUT2D eigenvalue weighted by atomic mass is 9.97. The molecule has 0 atom stereocenters. The molecule has 0 bridgehead atoms. The lowest BCUT2D eigenvalue weighted by molar-refractivity contribution is 0.474. The third-order valence-corrected chi connectivity index (χ3v) is 7.17. The van der Waals surface area contributed by atoms with Crippen LogP contribution in [0.25, 0.3) is 5.69 Å². The van der Waals surface area contributed by atoms with Crippen molar-refractivity contribution < 1.29 is 13.5 Å². The van der Waals surface area contributed by atoms with Crippen LogP contribution in [0.4, 0.5) is 5.69 Å². The minimum absolute atomic E-state index is 0.0267. The smallest absolute Gasteiger partial charge is 0.265 e. The molecule has 0 saturated heterocycles. The molecule has 5 nitrogen and oxygen atoms in total. The third-order valence-electron chi connectivity index (χ3n) is 4.67. The first-order chi connectivity index (χ1) is 12.2. The second-order valence-electron chi connectivity index (χ2n) is 6.72. The number of fused-ring (bicyclic) bond motifs is 3. The average molecular weight is 433 g/mol. The molecule has 0 amide bonds. The highest BCUT2D eigenvalue weighted by Gasteiger charge is 2.44. The predicted molar refractivity (Wildman–Crippen MR) is 104 cm³/mol. The Labute approximate surface area is 160 Å². The van der Waals surface area contributed by atoms with Crippen molar-refractivity contribution >= 4 is 31.6 Å². The Bertz CT molecular complexity index is 1100. The van der Waals surface area contributed by atoms with Gasteiger partial charge in [0.1, 0.15) is 5.75 Å². The highest BCUT2D eigenvalue weighted by atomic mass is 79.9. The zero-order valence-electron chi connectivity index (χ0n) is 14.2. The molecule has 26 heavy (non-hydrogen) atoms. The SMILES string of the molecule is CC1(C)c2cccn2-c2ccc(Br)cc2N1S(=O)(=O)c1ccc(O)cc1. The summed E-state index contributed by atoms with van der Waals surface area (Å²) in [6.07, 6.45) is 1.94. The van der Waals surface area contributed by atoms with E-state index in [2.05, 4.69) is 15.9 Å². The first-order valence-electron chi connectivity index (χ1n) is 8.05. The van der Waals surface area contributed by atoms with Gasteiger partial charge < -0.3 is 9.67 Å². The molecule has 0 aliphatic carbocycles. The van der Waals surface area contributed by atoms with E-state index in [0.29, 0.717) is 5.69 Å². The molecule has 7 heteroatoms. The maximum Gasteiger partial charge on any atom is 0.265 e. The van der Waals surface area contributed by atoms with Gasteiger partial charge in [0.2, 0.25) is 0 Å². The van der Waals surface area contributed by atoms with E-state index < -0.39 is 15.6 Å². The monoisotopic (exact) mass is 432 g/mol. The number of hydrogen-bond donors (Lipinski definition) is 1. The van der Waals surface area contributed by atoms with Crippen LogP contribution in [0.3, 0.4) is 0 Å². The number of halogens is 1. The number of phenols is 1. The van der Waals surface area contributed by atoms with Gasteiger partial charge >= 0.3 is 0 Å². The van der Waals surface area contributed by atoms with E-state index in [0.717, 1.165) is 15.9 Å². The molecule has 4 rings (SSSR count). The number of aromatic hydroxyl groups is 1. The Kier molecular flexibility index (Phi) is 3.71. The van der Waals surface area contributed by atoms with Crippen LogP contribution in [0.15, 0.2) is 70.2 Å². The van der Waals surface area contributed by atoms with Crippen LogP contribution >= 0.6 is 15.9 Å². The van der Waals surface area contributed by atoms with E-state index in [1.165, 1.54) is 28.6 Å². The van der Waals surface area contributed by atoms with Crippen LogP contribution in [0, 0.1) is 0 Å². The minimum atomic E-state index is -3.85. The fourth-order valence-electron chi connectivity index (χ4n) is 3.51. The Morgan fingerprint density at radius 1 is 1.00 bits per heavy atom. The predicted octanol–water partition coefficient (Wildman–Crippen LogP) is 4.39. The molecule has 2 aromatic carbocycles. The Hall–Kier alpha value is -2.25. The summed E-state index contributed by atoms with van der Waals surface area (Å²) in [5, 5.41) is 9.51. The maximum atomic E-state index is 13.5. The summed E-state index contributed by atoms with van der Waals surface area (Å²) in [6, 6.07) is 15.1. The van der Waals surface area contributed by atoms with E-state index >= 15 is 0 Å². The van der Waals surface area contributed by atoms with Crippen molar-refractivity contribution in [1.82, 2.24) is 4.57 Å². The lowest BCUT2D eigenvalue weighted by Gasteiger charge is -2.44. The summed E-state index contributed by atoms with van der Waals surface area (Å²) in [6.45, 7) is 3.78. The van der Waals surface area contributed by atoms with Crippen LogP contribution < -0.4 is 4.31 Å². The number of aromatic nitrogens is 1. The van der Waals surface area contributed by atoms with Crippen LogP contribution in [0.5, 0.6) is 5.75 Å². The van der Waals surface area contributed by atoms with Gasteiger partial charge in [-0.1, -0.05) is 15.9 Å². The zero-order chi connectivity index (χ0) is 18.7. The second-order valence-corrected chi connectivity index (χ2v) is 9.42. The molecule has 2 heterocycles. The molecular formula is C19H17BrN2O3S. The van der Waals surface area contributed by atoms with Crippen molar-refractivity contribution in [2.45, 2.75) is 24.3 Å². The highest BCUT2D eigenvalue weighted by Crippen LogP contribution is 2.46. The molecule has 0 spiro atoms. The zero-order valence-corrected chi connectivity index (χ0v) is 16.6.